The molecule has 2 rings (SSSR count). The highest BCUT2D eigenvalue weighted by atomic mass is 32.2. The number of ether oxygens (including phenoxy) is 4. The molecule has 0 radical (unpaired) electrons. The molecule has 0 spiro atoms. The molecule has 7 heteroatoms. The van der Waals surface area contributed by atoms with Crippen molar-refractivity contribution in [1.29, 1.82) is 0 Å². The maximum atomic E-state index is 12.7. The molecule has 25 heavy (non-hydrogen) atoms. The molecule has 0 aliphatic rings. The Hall–Kier alpha value is -2.67. The van der Waals surface area contributed by atoms with Crippen LogP contribution < -0.4 is 18.9 Å². The predicted octanol–water partition coefficient (Wildman–Crippen LogP) is 3.17. The van der Waals surface area contributed by atoms with Gasteiger partial charge in [-0.25, -0.2) is 8.42 Å². The number of hydrogen-bond acceptors (Lipinski definition) is 6. The second kappa shape index (κ2) is 7.94. The molecule has 0 saturated carbocycles. The lowest BCUT2D eigenvalue weighted by Gasteiger charge is -2.09. The summed E-state index contributed by atoms with van der Waals surface area (Å²) in [5.41, 5.74) is 0.656. The van der Waals surface area contributed by atoms with Crippen LogP contribution in [-0.2, 0) is 9.84 Å². The second-order valence-electron chi connectivity index (χ2n) is 4.98. The Morgan fingerprint density at radius 2 is 1.40 bits per heavy atom. The van der Waals surface area contributed by atoms with Crippen LogP contribution in [0.5, 0.6) is 23.0 Å². The molecule has 0 unspecified atom stereocenters. The minimum Gasteiger partial charge on any atom is -0.497 e. The molecule has 0 atom stereocenters. The summed E-state index contributed by atoms with van der Waals surface area (Å²) in [7, 11) is 2.21. The van der Waals surface area contributed by atoms with Crippen LogP contribution in [0, 0.1) is 0 Å². The number of sulfone groups is 1. The highest BCUT2D eigenvalue weighted by molar-refractivity contribution is 7.94. The molecular formula is C18H20O6S. The van der Waals surface area contributed by atoms with E-state index in [9.17, 15) is 8.42 Å². The van der Waals surface area contributed by atoms with Crippen molar-refractivity contribution in [1.82, 2.24) is 0 Å². The largest absolute Gasteiger partial charge is 0.497 e. The van der Waals surface area contributed by atoms with Crippen molar-refractivity contribution < 1.29 is 27.4 Å². The van der Waals surface area contributed by atoms with Crippen LogP contribution in [-0.4, -0.2) is 36.9 Å². The fourth-order valence-corrected chi connectivity index (χ4v) is 3.40. The summed E-state index contributed by atoms with van der Waals surface area (Å²) in [6, 6.07) is 9.74. The highest BCUT2D eigenvalue weighted by Gasteiger charge is 2.18. The first-order valence-corrected chi connectivity index (χ1v) is 8.87. The molecule has 0 heterocycles. The summed E-state index contributed by atoms with van der Waals surface area (Å²) in [6.07, 6.45) is 1.48. The molecule has 2 aromatic rings. The lowest BCUT2D eigenvalue weighted by molar-refractivity contribution is 0.355. The molecule has 2 aromatic carbocycles. The third-order valence-corrected chi connectivity index (χ3v) is 4.95. The van der Waals surface area contributed by atoms with Gasteiger partial charge in [-0.05, 0) is 35.9 Å². The molecule has 0 bridgehead atoms. The Labute approximate surface area is 147 Å². The van der Waals surface area contributed by atoms with Gasteiger partial charge in [0.25, 0.3) is 0 Å². The summed E-state index contributed by atoms with van der Waals surface area (Å²) < 4.78 is 45.9. The Morgan fingerprint density at radius 1 is 0.760 bits per heavy atom. The maximum Gasteiger partial charge on any atom is 0.203 e. The average Bonchev–Trinajstić information content (AvgIpc) is 2.65. The summed E-state index contributed by atoms with van der Waals surface area (Å²) in [5.74, 6) is 1.76. The van der Waals surface area contributed by atoms with Crippen LogP contribution in [0.4, 0.5) is 0 Å². The first kappa shape index (κ1) is 18.7. The zero-order valence-electron chi connectivity index (χ0n) is 14.5. The molecule has 0 saturated heterocycles. The van der Waals surface area contributed by atoms with Gasteiger partial charge >= 0.3 is 0 Å². The SMILES string of the molecule is COc1ccc(OC)c(S(=O)(=O)/C=C/c2ccc(OC)c(OC)c2)c1. The normalized spacial score (nSPS) is 11.4. The Morgan fingerprint density at radius 3 is 2.00 bits per heavy atom. The van der Waals surface area contributed by atoms with Crippen LogP contribution in [0.25, 0.3) is 6.08 Å². The van der Waals surface area contributed by atoms with Gasteiger partial charge in [-0.2, -0.15) is 0 Å². The minimum atomic E-state index is -3.73. The van der Waals surface area contributed by atoms with E-state index in [-0.39, 0.29) is 10.6 Å². The van der Waals surface area contributed by atoms with E-state index in [0.717, 1.165) is 5.41 Å². The standard InChI is InChI=1S/C18H20O6S/c1-21-14-6-8-16(23-3)18(12-14)25(19,20)10-9-13-5-7-15(22-2)17(11-13)24-4/h5-12H,1-4H3/b10-9+. The van der Waals surface area contributed by atoms with Crippen molar-refractivity contribution in [3.8, 4) is 23.0 Å². The van der Waals surface area contributed by atoms with Gasteiger partial charge in [0.15, 0.2) is 11.5 Å². The zero-order valence-corrected chi connectivity index (χ0v) is 15.3. The van der Waals surface area contributed by atoms with Gasteiger partial charge in [0, 0.05) is 11.5 Å². The molecule has 0 aliphatic heterocycles. The molecule has 0 fully saturated rings. The lowest BCUT2D eigenvalue weighted by atomic mass is 10.2. The van der Waals surface area contributed by atoms with Crippen LogP contribution in [0.3, 0.4) is 0 Å². The van der Waals surface area contributed by atoms with E-state index < -0.39 is 9.84 Å². The number of rotatable bonds is 7. The van der Waals surface area contributed by atoms with E-state index in [1.807, 2.05) is 0 Å². The van der Waals surface area contributed by atoms with Crippen LogP contribution in [0.15, 0.2) is 46.7 Å². The second-order valence-corrected chi connectivity index (χ2v) is 6.78. The molecular weight excluding hydrogens is 344 g/mol. The Kier molecular flexibility index (Phi) is 5.93. The predicted molar refractivity (Wildman–Crippen MR) is 95.3 cm³/mol. The smallest absolute Gasteiger partial charge is 0.203 e. The van der Waals surface area contributed by atoms with E-state index in [1.54, 1.807) is 30.3 Å². The van der Waals surface area contributed by atoms with Crippen molar-refractivity contribution in [2.75, 3.05) is 28.4 Å². The lowest BCUT2D eigenvalue weighted by Crippen LogP contribution is -2.01. The van der Waals surface area contributed by atoms with E-state index in [1.165, 1.54) is 40.6 Å². The topological polar surface area (TPSA) is 71.1 Å². The van der Waals surface area contributed by atoms with E-state index in [0.29, 0.717) is 22.8 Å². The van der Waals surface area contributed by atoms with Crippen LogP contribution in [0.1, 0.15) is 5.56 Å². The van der Waals surface area contributed by atoms with Gasteiger partial charge in [0.05, 0.1) is 28.4 Å². The third kappa shape index (κ3) is 4.24. The molecule has 0 N–H and O–H groups in total. The fraction of sp³-hybridized carbons (Fsp3) is 0.222. The molecule has 0 aromatic heterocycles. The van der Waals surface area contributed by atoms with Crippen molar-refractivity contribution >= 4 is 15.9 Å². The zero-order chi connectivity index (χ0) is 18.4. The Balaban J connectivity index is 2.40. The number of benzene rings is 2. The van der Waals surface area contributed by atoms with Crippen molar-refractivity contribution in [3.05, 3.63) is 47.4 Å². The van der Waals surface area contributed by atoms with Gasteiger partial charge in [0.1, 0.15) is 16.4 Å². The first-order chi connectivity index (χ1) is 11.9. The molecule has 134 valence electrons. The van der Waals surface area contributed by atoms with Crippen molar-refractivity contribution in [2.24, 2.45) is 0 Å². The van der Waals surface area contributed by atoms with E-state index in [2.05, 4.69) is 0 Å². The number of methoxy groups -OCH3 is 4. The van der Waals surface area contributed by atoms with Gasteiger partial charge in [-0.15, -0.1) is 0 Å². The van der Waals surface area contributed by atoms with Gasteiger partial charge in [0.2, 0.25) is 9.84 Å². The Bertz CT molecular complexity index is 871. The van der Waals surface area contributed by atoms with E-state index >= 15 is 0 Å². The van der Waals surface area contributed by atoms with Gasteiger partial charge in [-0.1, -0.05) is 6.07 Å². The molecule has 6 nitrogen and oxygen atoms in total. The summed E-state index contributed by atoms with van der Waals surface area (Å²) >= 11 is 0. The molecule has 0 aliphatic carbocycles. The molecule has 0 amide bonds. The summed E-state index contributed by atoms with van der Waals surface area (Å²) in [6.45, 7) is 0. The van der Waals surface area contributed by atoms with Crippen molar-refractivity contribution in [3.63, 3.8) is 0 Å². The number of hydrogen-bond donors (Lipinski definition) is 0. The minimum absolute atomic E-state index is 0.0334. The van der Waals surface area contributed by atoms with Gasteiger partial charge < -0.3 is 18.9 Å². The monoisotopic (exact) mass is 364 g/mol. The average molecular weight is 364 g/mol. The first-order valence-electron chi connectivity index (χ1n) is 7.32. The van der Waals surface area contributed by atoms with Gasteiger partial charge in [-0.3, -0.25) is 0 Å². The fourth-order valence-electron chi connectivity index (χ4n) is 2.20. The van der Waals surface area contributed by atoms with E-state index in [4.69, 9.17) is 18.9 Å². The van der Waals surface area contributed by atoms with Crippen molar-refractivity contribution in [2.45, 2.75) is 4.90 Å². The maximum absolute atomic E-state index is 12.7. The quantitative estimate of drug-likeness (QED) is 0.751. The highest BCUT2D eigenvalue weighted by Crippen LogP contribution is 2.31. The summed E-state index contributed by atoms with van der Waals surface area (Å²) in [5, 5.41) is 1.12. The van der Waals surface area contributed by atoms with Crippen LogP contribution >= 0.6 is 0 Å². The summed E-state index contributed by atoms with van der Waals surface area (Å²) in [4.78, 5) is 0.0334. The van der Waals surface area contributed by atoms with Crippen LogP contribution in [0.2, 0.25) is 0 Å². The third-order valence-electron chi connectivity index (χ3n) is 3.52.